The normalized spacial score (nSPS) is 22.0. The summed E-state index contributed by atoms with van der Waals surface area (Å²) in [7, 11) is 0. The Morgan fingerprint density at radius 1 is 1.10 bits per heavy atom. The molecule has 7 nitrogen and oxygen atoms in total. The lowest BCUT2D eigenvalue weighted by molar-refractivity contribution is -0.140. The number of nitrogens with zero attached hydrogens (tertiary/aromatic N) is 1. The summed E-state index contributed by atoms with van der Waals surface area (Å²) in [5.41, 5.74) is 3.67. The van der Waals surface area contributed by atoms with E-state index in [1.165, 1.54) is 16.2 Å². The van der Waals surface area contributed by atoms with Crippen LogP contribution in [0.25, 0.3) is 11.6 Å². The molecule has 2 aliphatic rings. The number of hydrogen-bond donors (Lipinski definition) is 3. The van der Waals surface area contributed by atoms with Crippen molar-refractivity contribution in [1.82, 2.24) is 4.90 Å². The maximum Gasteiger partial charge on any atom is 0.234 e. The highest BCUT2D eigenvalue weighted by Crippen LogP contribution is 2.47. The van der Waals surface area contributed by atoms with Gasteiger partial charge in [0, 0.05) is 10.8 Å². The van der Waals surface area contributed by atoms with Crippen molar-refractivity contribution in [1.29, 1.82) is 0 Å². The Morgan fingerprint density at radius 2 is 1.90 bits per heavy atom. The van der Waals surface area contributed by atoms with Crippen LogP contribution in [-0.2, 0) is 22.7 Å². The Hall–Kier alpha value is -3.30. The Bertz CT molecular complexity index is 1410. The minimum Gasteiger partial charge on any atom is -0.459 e. The molecule has 1 fully saturated rings. The zero-order valence-electron chi connectivity index (χ0n) is 23.2. The van der Waals surface area contributed by atoms with Gasteiger partial charge in [-0.25, -0.2) is 0 Å². The molecule has 216 valence electrons. The first-order valence-electron chi connectivity index (χ1n) is 14.3. The van der Waals surface area contributed by atoms with Crippen molar-refractivity contribution in [2.75, 3.05) is 6.61 Å². The van der Waals surface area contributed by atoms with E-state index < -0.39 is 23.9 Å². The lowest BCUT2D eigenvalue weighted by atomic mass is 9.67. The molecule has 0 radical (unpaired) electrons. The number of aliphatic hydroxyl groups excluding tert-OH is 3. The van der Waals surface area contributed by atoms with Crippen LogP contribution in [0.2, 0.25) is 0 Å². The molecule has 0 unspecified atom stereocenters. The molecule has 0 saturated carbocycles. The summed E-state index contributed by atoms with van der Waals surface area (Å²) in [5, 5.41) is 33.6. The molecule has 2 amide bonds. The maximum atomic E-state index is 13.6. The fourth-order valence-corrected chi connectivity index (χ4v) is 7.10. The predicted molar refractivity (Wildman–Crippen MR) is 158 cm³/mol. The van der Waals surface area contributed by atoms with Crippen LogP contribution in [0.3, 0.4) is 0 Å². The van der Waals surface area contributed by atoms with Gasteiger partial charge in [0.1, 0.15) is 18.1 Å². The maximum absolute atomic E-state index is 13.6. The molecule has 3 N–H and O–H groups in total. The highest BCUT2D eigenvalue weighted by Gasteiger charge is 2.54. The van der Waals surface area contributed by atoms with E-state index in [4.69, 9.17) is 4.42 Å². The fraction of sp³-hybridized carbons (Fsp3) is 0.394. The van der Waals surface area contributed by atoms with Crippen LogP contribution < -0.4 is 0 Å². The average molecular weight is 576 g/mol. The topological polar surface area (TPSA) is 111 Å². The van der Waals surface area contributed by atoms with Crippen molar-refractivity contribution in [3.8, 4) is 0 Å². The number of carbonyl (C=O) groups excluding carboxylic acids is 2. The van der Waals surface area contributed by atoms with Gasteiger partial charge in [0.25, 0.3) is 0 Å². The number of hydrogen-bond acceptors (Lipinski definition) is 7. The van der Waals surface area contributed by atoms with E-state index in [2.05, 4.69) is 6.92 Å². The molecule has 0 bridgehead atoms. The van der Waals surface area contributed by atoms with Gasteiger partial charge in [-0.05, 0) is 72.0 Å². The second-order valence-corrected chi connectivity index (χ2v) is 11.9. The standard InChI is InChI=1S/C33H37NO6S/c1-2-7-23-17-27-31(33(39)34(32(27)38)18-26-10-6-15-41-26)28(20-36)30(23)29(37)14-11-22(21-8-4-3-5-9-21)16-24-12-13-25(19-35)40-24/h3-6,8-10,12-13,15-16,27-29,31,35-37H,2,7,11,14,17-20H2,1H3/b22-16-/t27-,28+,29-,31-/m1/s1. The fourth-order valence-electron chi connectivity index (χ4n) is 6.41. The molecule has 41 heavy (non-hydrogen) atoms. The molecular formula is C33H37NO6S. The van der Waals surface area contributed by atoms with Crippen molar-refractivity contribution < 1.29 is 29.3 Å². The van der Waals surface area contributed by atoms with Crippen LogP contribution in [-0.4, -0.2) is 44.7 Å². The average Bonchev–Trinajstić information content (AvgIpc) is 3.73. The third kappa shape index (κ3) is 6.16. The van der Waals surface area contributed by atoms with Crippen LogP contribution in [0.4, 0.5) is 0 Å². The summed E-state index contributed by atoms with van der Waals surface area (Å²) in [6.45, 7) is 1.82. The number of furan rings is 1. The van der Waals surface area contributed by atoms with Gasteiger partial charge in [-0.2, -0.15) is 0 Å². The van der Waals surface area contributed by atoms with Crippen molar-refractivity contribution in [3.63, 3.8) is 0 Å². The van der Waals surface area contributed by atoms with Gasteiger partial charge in [0.2, 0.25) is 11.8 Å². The Morgan fingerprint density at radius 3 is 2.56 bits per heavy atom. The predicted octanol–water partition coefficient (Wildman–Crippen LogP) is 5.43. The number of likely N-dealkylation sites (tertiary alicyclic amines) is 1. The van der Waals surface area contributed by atoms with E-state index in [1.807, 2.05) is 53.9 Å². The molecule has 1 aliphatic heterocycles. The van der Waals surface area contributed by atoms with Gasteiger partial charge < -0.3 is 19.7 Å². The third-order valence-corrected chi connectivity index (χ3v) is 9.12. The monoisotopic (exact) mass is 575 g/mol. The SMILES string of the molecule is CCCC1=C([C@H](O)CC/C(=C/c2ccc(CO)o2)c2ccccc2)[C@H](CO)[C@@H]2C(=O)N(Cc3cccs3)C(=O)[C@@H]2C1. The first-order valence-corrected chi connectivity index (χ1v) is 15.2. The van der Waals surface area contributed by atoms with Gasteiger partial charge in [0.05, 0.1) is 31.1 Å². The van der Waals surface area contributed by atoms with Crippen molar-refractivity contribution >= 4 is 34.8 Å². The largest absolute Gasteiger partial charge is 0.459 e. The zero-order valence-corrected chi connectivity index (χ0v) is 24.1. The number of carbonyl (C=O) groups is 2. The lowest BCUT2D eigenvalue weighted by Gasteiger charge is -2.36. The third-order valence-electron chi connectivity index (χ3n) is 8.26. The number of fused-ring (bicyclic) bond motifs is 1. The Kier molecular flexibility index (Phi) is 9.35. The van der Waals surface area contributed by atoms with E-state index >= 15 is 0 Å². The quantitative estimate of drug-likeness (QED) is 0.196. The smallest absolute Gasteiger partial charge is 0.234 e. The number of aliphatic hydroxyl groups is 3. The zero-order chi connectivity index (χ0) is 28.9. The van der Waals surface area contributed by atoms with Crippen molar-refractivity contribution in [3.05, 3.63) is 93.1 Å². The van der Waals surface area contributed by atoms with E-state index in [-0.39, 0.29) is 31.6 Å². The molecule has 1 aliphatic carbocycles. The number of rotatable bonds is 12. The molecule has 4 atom stereocenters. The van der Waals surface area contributed by atoms with Gasteiger partial charge in [-0.3, -0.25) is 14.5 Å². The summed E-state index contributed by atoms with van der Waals surface area (Å²) in [6.07, 6.45) is 3.92. The van der Waals surface area contributed by atoms with Gasteiger partial charge >= 0.3 is 0 Å². The van der Waals surface area contributed by atoms with E-state index in [1.54, 1.807) is 12.1 Å². The first kappa shape index (κ1) is 29.2. The molecule has 0 spiro atoms. The molecule has 1 saturated heterocycles. The van der Waals surface area contributed by atoms with Crippen molar-refractivity contribution in [2.24, 2.45) is 17.8 Å². The molecule has 3 aromatic rings. The first-order chi connectivity index (χ1) is 19.9. The van der Waals surface area contributed by atoms with Crippen LogP contribution in [0.1, 0.15) is 61.0 Å². The number of thiophene rings is 1. The molecule has 8 heteroatoms. The Labute approximate surface area is 244 Å². The van der Waals surface area contributed by atoms with Gasteiger partial charge in [-0.1, -0.05) is 55.3 Å². The van der Waals surface area contributed by atoms with Crippen LogP contribution in [0.15, 0.2) is 75.5 Å². The lowest BCUT2D eigenvalue weighted by Crippen LogP contribution is -2.39. The molecule has 3 heterocycles. The summed E-state index contributed by atoms with van der Waals surface area (Å²) < 4.78 is 5.70. The van der Waals surface area contributed by atoms with Gasteiger partial charge in [-0.15, -0.1) is 11.3 Å². The minimum atomic E-state index is -0.874. The Balaban J connectivity index is 1.41. The van der Waals surface area contributed by atoms with E-state index in [0.717, 1.165) is 33.6 Å². The molecule has 5 rings (SSSR count). The summed E-state index contributed by atoms with van der Waals surface area (Å²) >= 11 is 1.51. The van der Waals surface area contributed by atoms with Crippen molar-refractivity contribution in [2.45, 2.75) is 58.3 Å². The molecular weight excluding hydrogens is 538 g/mol. The van der Waals surface area contributed by atoms with E-state index in [0.29, 0.717) is 37.2 Å². The second-order valence-electron chi connectivity index (χ2n) is 10.8. The molecule has 2 aromatic heterocycles. The highest BCUT2D eigenvalue weighted by molar-refractivity contribution is 7.09. The number of amides is 2. The number of imide groups is 1. The van der Waals surface area contributed by atoms with Crippen LogP contribution in [0.5, 0.6) is 0 Å². The summed E-state index contributed by atoms with van der Waals surface area (Å²) in [6, 6.07) is 17.2. The van der Waals surface area contributed by atoms with E-state index in [9.17, 15) is 24.9 Å². The molecule has 1 aromatic carbocycles. The second kappa shape index (κ2) is 13.1. The summed E-state index contributed by atoms with van der Waals surface area (Å²) in [4.78, 5) is 29.4. The highest BCUT2D eigenvalue weighted by atomic mass is 32.1. The van der Waals surface area contributed by atoms with Crippen LogP contribution >= 0.6 is 11.3 Å². The van der Waals surface area contributed by atoms with Gasteiger partial charge in [0.15, 0.2) is 0 Å². The summed E-state index contributed by atoms with van der Waals surface area (Å²) in [5.74, 6) is -1.11. The number of allylic oxidation sites excluding steroid dienone is 2. The number of benzene rings is 1. The van der Waals surface area contributed by atoms with Crippen LogP contribution in [0, 0.1) is 17.8 Å². The minimum absolute atomic E-state index is 0.177.